The van der Waals surface area contributed by atoms with Crippen LogP contribution >= 0.6 is 0 Å². The van der Waals surface area contributed by atoms with E-state index in [9.17, 15) is 0 Å². The molecule has 3 rings (SSSR count). The number of hydroxylamine groups is 2. The lowest BCUT2D eigenvalue weighted by Gasteiger charge is -2.36. The first-order chi connectivity index (χ1) is 4.92. The Bertz CT molecular complexity index is 149. The van der Waals surface area contributed by atoms with E-state index < -0.39 is 0 Å². The normalized spacial score (nSPS) is 57.6. The third kappa shape index (κ3) is 0.611. The van der Waals surface area contributed by atoms with Crippen LogP contribution in [-0.2, 0) is 4.84 Å². The summed E-state index contributed by atoms with van der Waals surface area (Å²) in [7, 11) is 0. The van der Waals surface area contributed by atoms with Gasteiger partial charge in [0.15, 0.2) is 0 Å². The molecular formula is C8H13NO. The molecule has 3 bridgehead atoms. The molecule has 0 spiro atoms. The van der Waals surface area contributed by atoms with Gasteiger partial charge in [-0.15, -0.1) is 0 Å². The molecule has 2 nitrogen and oxygen atoms in total. The first-order valence-corrected chi connectivity index (χ1v) is 4.35. The summed E-state index contributed by atoms with van der Waals surface area (Å²) < 4.78 is 0. The molecule has 0 aromatic rings. The van der Waals surface area contributed by atoms with E-state index in [0.29, 0.717) is 6.10 Å². The molecule has 56 valence electrons. The van der Waals surface area contributed by atoms with Crippen molar-refractivity contribution in [2.75, 3.05) is 6.54 Å². The van der Waals surface area contributed by atoms with Gasteiger partial charge in [-0.05, 0) is 31.6 Å². The van der Waals surface area contributed by atoms with Gasteiger partial charge in [-0.2, -0.15) is 5.06 Å². The Kier molecular flexibility index (Phi) is 0.968. The molecule has 3 saturated heterocycles. The summed E-state index contributed by atoms with van der Waals surface area (Å²) >= 11 is 0. The molecule has 0 N–H and O–H groups in total. The second-order valence-corrected chi connectivity index (χ2v) is 3.90. The third-order valence-corrected chi connectivity index (χ3v) is 3.17. The molecule has 0 saturated carbocycles. The molecule has 4 unspecified atom stereocenters. The predicted molar refractivity (Wildman–Crippen MR) is 37.3 cm³/mol. The molecular weight excluding hydrogens is 126 g/mol. The molecule has 3 aliphatic rings. The Hall–Kier alpha value is -0.0800. The highest BCUT2D eigenvalue weighted by atomic mass is 16.7. The van der Waals surface area contributed by atoms with E-state index >= 15 is 0 Å². The highest BCUT2D eigenvalue weighted by molar-refractivity contribution is 4.91. The van der Waals surface area contributed by atoms with Crippen molar-refractivity contribution in [2.24, 2.45) is 5.92 Å². The van der Waals surface area contributed by atoms with Crippen LogP contribution in [0.5, 0.6) is 0 Å². The summed E-state index contributed by atoms with van der Waals surface area (Å²) in [4.78, 5) is 5.66. The number of hydrogen-bond acceptors (Lipinski definition) is 2. The fourth-order valence-electron chi connectivity index (χ4n) is 2.67. The summed E-state index contributed by atoms with van der Waals surface area (Å²) in [6.45, 7) is 1.22. The van der Waals surface area contributed by atoms with Crippen LogP contribution in [0.2, 0.25) is 0 Å². The van der Waals surface area contributed by atoms with Crippen molar-refractivity contribution in [1.82, 2.24) is 5.06 Å². The maximum absolute atomic E-state index is 5.66. The van der Waals surface area contributed by atoms with Crippen LogP contribution in [0.15, 0.2) is 0 Å². The lowest BCUT2D eigenvalue weighted by Crippen LogP contribution is -2.40. The summed E-state index contributed by atoms with van der Waals surface area (Å²) in [5.41, 5.74) is 0. The van der Waals surface area contributed by atoms with Crippen LogP contribution in [0.4, 0.5) is 0 Å². The second kappa shape index (κ2) is 1.74. The molecule has 4 atom stereocenters. The van der Waals surface area contributed by atoms with E-state index in [1.165, 1.54) is 32.2 Å². The predicted octanol–water partition coefficient (Wildman–Crippen LogP) is 1.17. The van der Waals surface area contributed by atoms with Gasteiger partial charge in [0.25, 0.3) is 0 Å². The molecule has 0 aromatic carbocycles. The number of piperidine rings is 1. The number of hydrogen-bond donors (Lipinski definition) is 0. The van der Waals surface area contributed by atoms with Crippen molar-refractivity contribution in [3.63, 3.8) is 0 Å². The SMILES string of the molecule is C1CC2CC3CC1CN2O3. The number of rotatable bonds is 0. The Balaban J connectivity index is 1.94. The van der Waals surface area contributed by atoms with Gasteiger partial charge in [0.1, 0.15) is 0 Å². The largest absolute Gasteiger partial charge is 0.295 e. The standard InChI is InChI=1S/C8H13NO/c1-2-7-4-8-3-6(1)5-9(7)10-8/h6-8H,1-5H2. The zero-order chi connectivity index (χ0) is 6.55. The van der Waals surface area contributed by atoms with Crippen LogP contribution in [0.25, 0.3) is 0 Å². The van der Waals surface area contributed by atoms with E-state index in [2.05, 4.69) is 5.06 Å². The van der Waals surface area contributed by atoms with Crippen molar-refractivity contribution >= 4 is 0 Å². The zero-order valence-electron chi connectivity index (χ0n) is 6.12. The van der Waals surface area contributed by atoms with E-state index in [1.54, 1.807) is 0 Å². The van der Waals surface area contributed by atoms with Crippen LogP contribution in [0.3, 0.4) is 0 Å². The van der Waals surface area contributed by atoms with Crippen molar-refractivity contribution in [1.29, 1.82) is 0 Å². The first kappa shape index (κ1) is 5.56. The van der Waals surface area contributed by atoms with Crippen molar-refractivity contribution in [2.45, 2.75) is 37.8 Å². The molecule has 2 heteroatoms. The summed E-state index contributed by atoms with van der Waals surface area (Å²) in [6, 6.07) is 0.795. The van der Waals surface area contributed by atoms with Gasteiger partial charge < -0.3 is 0 Å². The summed E-state index contributed by atoms with van der Waals surface area (Å²) in [5, 5.41) is 2.24. The monoisotopic (exact) mass is 139 g/mol. The Morgan fingerprint density at radius 1 is 1.20 bits per heavy atom. The molecule has 3 fully saturated rings. The average molecular weight is 139 g/mol. The lowest BCUT2D eigenvalue weighted by molar-refractivity contribution is -0.213. The molecule has 0 radical (unpaired) electrons. The van der Waals surface area contributed by atoms with Gasteiger partial charge in [-0.3, -0.25) is 4.84 Å². The number of fused-ring (bicyclic) bond motifs is 2. The molecule has 0 aromatic heterocycles. The lowest BCUT2D eigenvalue weighted by atomic mass is 9.95. The van der Waals surface area contributed by atoms with Gasteiger partial charge in [0.05, 0.1) is 6.10 Å². The van der Waals surface area contributed by atoms with E-state index in [0.717, 1.165) is 12.0 Å². The Morgan fingerprint density at radius 3 is 3.20 bits per heavy atom. The third-order valence-electron chi connectivity index (χ3n) is 3.17. The van der Waals surface area contributed by atoms with E-state index in [4.69, 9.17) is 4.84 Å². The highest BCUT2D eigenvalue weighted by Crippen LogP contribution is 2.40. The highest BCUT2D eigenvalue weighted by Gasteiger charge is 2.43. The topological polar surface area (TPSA) is 12.5 Å². The fraction of sp³-hybridized carbons (Fsp3) is 1.00. The maximum atomic E-state index is 5.66. The molecule has 0 amide bonds. The fourth-order valence-corrected chi connectivity index (χ4v) is 2.67. The van der Waals surface area contributed by atoms with Crippen LogP contribution in [0, 0.1) is 5.92 Å². The van der Waals surface area contributed by atoms with Gasteiger partial charge in [0, 0.05) is 12.6 Å². The minimum Gasteiger partial charge on any atom is -0.295 e. The van der Waals surface area contributed by atoms with Gasteiger partial charge in [-0.25, -0.2) is 0 Å². The Labute approximate surface area is 61.1 Å². The van der Waals surface area contributed by atoms with Crippen molar-refractivity contribution in [3.05, 3.63) is 0 Å². The quantitative estimate of drug-likeness (QED) is 0.499. The zero-order valence-corrected chi connectivity index (χ0v) is 6.12. The maximum Gasteiger partial charge on any atom is 0.0812 e. The Morgan fingerprint density at radius 2 is 2.20 bits per heavy atom. The van der Waals surface area contributed by atoms with Crippen LogP contribution < -0.4 is 0 Å². The molecule has 0 aliphatic carbocycles. The van der Waals surface area contributed by atoms with Crippen molar-refractivity contribution in [3.8, 4) is 0 Å². The smallest absolute Gasteiger partial charge is 0.0812 e. The first-order valence-electron chi connectivity index (χ1n) is 4.35. The van der Waals surface area contributed by atoms with Crippen LogP contribution in [-0.4, -0.2) is 23.8 Å². The van der Waals surface area contributed by atoms with E-state index in [-0.39, 0.29) is 0 Å². The van der Waals surface area contributed by atoms with Gasteiger partial charge in [0.2, 0.25) is 0 Å². The van der Waals surface area contributed by atoms with E-state index in [1.807, 2.05) is 0 Å². The summed E-state index contributed by atoms with van der Waals surface area (Å²) in [6.07, 6.45) is 6.11. The van der Waals surface area contributed by atoms with Crippen molar-refractivity contribution < 1.29 is 4.84 Å². The average Bonchev–Trinajstić information content (AvgIpc) is 2.11. The van der Waals surface area contributed by atoms with Gasteiger partial charge in [-0.1, -0.05) is 0 Å². The molecule has 10 heavy (non-hydrogen) atoms. The summed E-state index contributed by atoms with van der Waals surface area (Å²) in [5.74, 6) is 0.970. The number of nitrogens with zero attached hydrogens (tertiary/aromatic N) is 1. The minimum atomic E-state index is 0.603. The van der Waals surface area contributed by atoms with Gasteiger partial charge >= 0.3 is 0 Å². The second-order valence-electron chi connectivity index (χ2n) is 3.90. The van der Waals surface area contributed by atoms with Crippen LogP contribution in [0.1, 0.15) is 25.7 Å². The minimum absolute atomic E-state index is 0.603. The molecule has 3 heterocycles. The molecule has 3 aliphatic heterocycles.